The van der Waals surface area contributed by atoms with E-state index >= 15 is 0 Å². The van der Waals surface area contributed by atoms with Crippen LogP contribution < -0.4 is 5.73 Å². The van der Waals surface area contributed by atoms with E-state index in [0.717, 1.165) is 17.5 Å². The molecule has 2 heteroatoms. The van der Waals surface area contributed by atoms with Crippen LogP contribution in [0.5, 0.6) is 0 Å². The average molecular weight is 181 g/mol. The minimum Gasteiger partial charge on any atom is -0.399 e. The molecule has 0 fully saturated rings. The summed E-state index contributed by atoms with van der Waals surface area (Å²) in [4.78, 5) is 0. The second-order valence-electron chi connectivity index (χ2n) is 3.90. The molecule has 0 aliphatic carbocycles. The molecule has 72 valence electrons. The first kappa shape index (κ1) is 10.0. The molecular weight excluding hydrogens is 165 g/mol. The summed E-state index contributed by atoms with van der Waals surface area (Å²) in [6, 6.07) is 3.25. The normalized spacial score (nSPS) is 10.8. The Morgan fingerprint density at radius 3 is 2.54 bits per heavy atom. The number of anilines is 1. The molecule has 0 aromatic heterocycles. The number of halogens is 1. The number of hydrogen-bond acceptors (Lipinski definition) is 1. The average Bonchev–Trinajstić information content (AvgIpc) is 1.99. The number of hydrogen-bond donors (Lipinski definition) is 1. The van der Waals surface area contributed by atoms with Crippen molar-refractivity contribution >= 4 is 5.69 Å². The highest BCUT2D eigenvalue weighted by molar-refractivity contribution is 5.48. The Morgan fingerprint density at radius 2 is 2.00 bits per heavy atom. The molecule has 1 aromatic rings. The van der Waals surface area contributed by atoms with Crippen LogP contribution in [-0.4, -0.2) is 0 Å². The van der Waals surface area contributed by atoms with Crippen molar-refractivity contribution in [1.82, 2.24) is 0 Å². The van der Waals surface area contributed by atoms with Gasteiger partial charge in [-0.25, -0.2) is 4.39 Å². The minimum atomic E-state index is -0.139. The predicted molar refractivity (Wildman–Crippen MR) is 54.1 cm³/mol. The summed E-state index contributed by atoms with van der Waals surface area (Å²) in [5.74, 6) is 0.317. The second-order valence-corrected chi connectivity index (χ2v) is 3.90. The fourth-order valence-electron chi connectivity index (χ4n) is 1.33. The molecule has 0 aliphatic rings. The molecule has 1 rings (SSSR count). The quantitative estimate of drug-likeness (QED) is 0.697. The van der Waals surface area contributed by atoms with Crippen molar-refractivity contribution in [2.24, 2.45) is 5.92 Å². The first-order valence-corrected chi connectivity index (χ1v) is 4.55. The Labute approximate surface area is 78.8 Å². The zero-order valence-electron chi connectivity index (χ0n) is 8.39. The Bertz CT molecular complexity index is 305. The number of aryl methyl sites for hydroxylation is 1. The summed E-state index contributed by atoms with van der Waals surface area (Å²) in [6.07, 6.45) is 0.746. The van der Waals surface area contributed by atoms with Gasteiger partial charge in [-0.3, -0.25) is 0 Å². The zero-order chi connectivity index (χ0) is 10.0. The van der Waals surface area contributed by atoms with E-state index in [1.165, 1.54) is 6.07 Å². The molecule has 1 nitrogen and oxygen atoms in total. The lowest BCUT2D eigenvalue weighted by molar-refractivity contribution is 0.573. The fourth-order valence-corrected chi connectivity index (χ4v) is 1.33. The van der Waals surface area contributed by atoms with Crippen molar-refractivity contribution in [3.05, 3.63) is 29.1 Å². The van der Waals surface area contributed by atoms with Gasteiger partial charge in [0.1, 0.15) is 5.82 Å². The van der Waals surface area contributed by atoms with E-state index in [2.05, 4.69) is 13.8 Å². The van der Waals surface area contributed by atoms with Crippen LogP contribution in [0.15, 0.2) is 12.1 Å². The van der Waals surface area contributed by atoms with Gasteiger partial charge in [-0.1, -0.05) is 13.8 Å². The monoisotopic (exact) mass is 181 g/mol. The molecule has 2 N–H and O–H groups in total. The van der Waals surface area contributed by atoms with E-state index in [9.17, 15) is 4.39 Å². The van der Waals surface area contributed by atoms with E-state index in [4.69, 9.17) is 5.73 Å². The van der Waals surface area contributed by atoms with Gasteiger partial charge < -0.3 is 5.73 Å². The zero-order valence-corrected chi connectivity index (χ0v) is 8.39. The maximum Gasteiger partial charge on any atom is 0.126 e. The Hall–Kier alpha value is -1.05. The molecule has 0 heterocycles. The van der Waals surface area contributed by atoms with Gasteiger partial charge in [0.15, 0.2) is 0 Å². The molecule has 0 saturated heterocycles. The van der Waals surface area contributed by atoms with Gasteiger partial charge in [0.05, 0.1) is 0 Å². The van der Waals surface area contributed by atoms with E-state index < -0.39 is 0 Å². The smallest absolute Gasteiger partial charge is 0.126 e. The van der Waals surface area contributed by atoms with Gasteiger partial charge in [0, 0.05) is 5.69 Å². The topological polar surface area (TPSA) is 26.0 Å². The molecule has 0 radical (unpaired) electrons. The van der Waals surface area contributed by atoms with E-state index in [1.54, 1.807) is 6.07 Å². The summed E-state index contributed by atoms with van der Waals surface area (Å²) < 4.78 is 13.3. The Balaban J connectivity index is 3.01. The lowest BCUT2D eigenvalue weighted by Crippen LogP contribution is -2.00. The van der Waals surface area contributed by atoms with Crippen molar-refractivity contribution in [2.45, 2.75) is 27.2 Å². The van der Waals surface area contributed by atoms with Gasteiger partial charge in [0.25, 0.3) is 0 Å². The van der Waals surface area contributed by atoms with Crippen molar-refractivity contribution in [2.75, 3.05) is 5.73 Å². The van der Waals surface area contributed by atoms with Crippen LogP contribution in [0.3, 0.4) is 0 Å². The van der Waals surface area contributed by atoms with Crippen molar-refractivity contribution < 1.29 is 4.39 Å². The van der Waals surface area contributed by atoms with Crippen LogP contribution in [0.4, 0.5) is 10.1 Å². The summed E-state index contributed by atoms with van der Waals surface area (Å²) in [7, 11) is 0. The minimum absolute atomic E-state index is 0.139. The van der Waals surface area contributed by atoms with Crippen LogP contribution in [0.1, 0.15) is 25.0 Å². The molecule has 13 heavy (non-hydrogen) atoms. The summed E-state index contributed by atoms with van der Waals surface area (Å²) in [5.41, 5.74) is 7.91. The van der Waals surface area contributed by atoms with Crippen LogP contribution >= 0.6 is 0 Å². The Kier molecular flexibility index (Phi) is 2.91. The summed E-state index contributed by atoms with van der Waals surface area (Å²) in [6.45, 7) is 5.95. The molecular formula is C11H16FN. The standard InChI is InChI=1S/C11H16FN/c1-7(2)4-9-6-11(13)8(3)5-10(9)12/h5-7H,4,13H2,1-3H3. The summed E-state index contributed by atoms with van der Waals surface area (Å²) in [5, 5.41) is 0. The molecule has 0 unspecified atom stereocenters. The third kappa shape index (κ3) is 2.44. The molecule has 0 saturated carbocycles. The lowest BCUT2D eigenvalue weighted by atomic mass is 10.0. The maximum atomic E-state index is 13.3. The SMILES string of the molecule is Cc1cc(F)c(CC(C)C)cc1N. The number of rotatable bonds is 2. The van der Waals surface area contributed by atoms with Gasteiger partial charge in [0.2, 0.25) is 0 Å². The molecule has 0 spiro atoms. The van der Waals surface area contributed by atoms with Gasteiger partial charge >= 0.3 is 0 Å². The number of nitrogen functional groups attached to an aromatic ring is 1. The van der Waals surface area contributed by atoms with Crippen molar-refractivity contribution in [1.29, 1.82) is 0 Å². The van der Waals surface area contributed by atoms with E-state index in [-0.39, 0.29) is 5.82 Å². The third-order valence-corrected chi connectivity index (χ3v) is 2.06. The molecule has 0 amide bonds. The van der Waals surface area contributed by atoms with E-state index in [0.29, 0.717) is 11.6 Å². The third-order valence-electron chi connectivity index (χ3n) is 2.06. The number of nitrogens with two attached hydrogens (primary N) is 1. The highest BCUT2D eigenvalue weighted by atomic mass is 19.1. The lowest BCUT2D eigenvalue weighted by Gasteiger charge is -2.08. The van der Waals surface area contributed by atoms with E-state index in [1.807, 2.05) is 6.92 Å². The summed E-state index contributed by atoms with van der Waals surface area (Å²) >= 11 is 0. The molecule has 0 aliphatic heterocycles. The van der Waals surface area contributed by atoms with Crippen LogP contribution in [0.25, 0.3) is 0 Å². The Morgan fingerprint density at radius 1 is 1.38 bits per heavy atom. The highest BCUT2D eigenvalue weighted by Gasteiger charge is 2.06. The predicted octanol–water partition coefficient (Wildman–Crippen LogP) is 2.91. The van der Waals surface area contributed by atoms with Crippen molar-refractivity contribution in [3.8, 4) is 0 Å². The molecule has 0 atom stereocenters. The highest BCUT2D eigenvalue weighted by Crippen LogP contribution is 2.19. The van der Waals surface area contributed by atoms with Gasteiger partial charge in [-0.05, 0) is 42.5 Å². The maximum absolute atomic E-state index is 13.3. The first-order valence-electron chi connectivity index (χ1n) is 4.55. The second kappa shape index (κ2) is 3.77. The van der Waals surface area contributed by atoms with Crippen LogP contribution in [-0.2, 0) is 6.42 Å². The van der Waals surface area contributed by atoms with Crippen LogP contribution in [0.2, 0.25) is 0 Å². The number of benzene rings is 1. The van der Waals surface area contributed by atoms with Crippen LogP contribution in [0, 0.1) is 18.7 Å². The van der Waals surface area contributed by atoms with Gasteiger partial charge in [-0.2, -0.15) is 0 Å². The molecule has 1 aromatic carbocycles. The fraction of sp³-hybridized carbons (Fsp3) is 0.455. The van der Waals surface area contributed by atoms with Gasteiger partial charge in [-0.15, -0.1) is 0 Å². The molecule has 0 bridgehead atoms. The first-order chi connectivity index (χ1) is 6.00. The van der Waals surface area contributed by atoms with Crippen molar-refractivity contribution in [3.63, 3.8) is 0 Å². The largest absolute Gasteiger partial charge is 0.399 e.